The van der Waals surface area contributed by atoms with E-state index in [2.05, 4.69) is 27.3 Å². The lowest BCUT2D eigenvalue weighted by molar-refractivity contribution is 0.0932. The first kappa shape index (κ1) is 16.0. The zero-order valence-corrected chi connectivity index (χ0v) is 13.0. The summed E-state index contributed by atoms with van der Waals surface area (Å²) in [7, 11) is 3.60. The molecular weight excluding hydrogens is 278 g/mol. The third-order valence-electron chi connectivity index (χ3n) is 3.28. The molecule has 1 aromatic heterocycles. The first-order valence-corrected chi connectivity index (χ1v) is 7.19. The fraction of sp³-hybridized carbons (Fsp3) is 0.294. The normalized spacial score (nSPS) is 10.3. The van der Waals surface area contributed by atoms with Gasteiger partial charge in [0.2, 0.25) is 0 Å². The molecule has 0 saturated carbocycles. The lowest BCUT2D eigenvalue weighted by atomic mass is 10.2. The summed E-state index contributed by atoms with van der Waals surface area (Å²) in [5, 5.41) is 2.75. The second-order valence-electron chi connectivity index (χ2n) is 4.99. The van der Waals surface area contributed by atoms with E-state index in [0.29, 0.717) is 18.8 Å². The van der Waals surface area contributed by atoms with E-state index in [1.54, 1.807) is 19.4 Å². The van der Waals surface area contributed by atoms with Crippen molar-refractivity contribution in [2.75, 3.05) is 32.2 Å². The molecular formula is C17H21N3O2. The molecule has 1 heterocycles. The van der Waals surface area contributed by atoms with Crippen LogP contribution in [0.15, 0.2) is 48.7 Å². The molecule has 0 bridgehead atoms. The molecule has 116 valence electrons. The summed E-state index contributed by atoms with van der Waals surface area (Å²) in [4.78, 5) is 18.2. The summed E-state index contributed by atoms with van der Waals surface area (Å²) in [6, 6.07) is 13.9. The van der Waals surface area contributed by atoms with Gasteiger partial charge in [-0.25, -0.2) is 4.98 Å². The van der Waals surface area contributed by atoms with E-state index in [9.17, 15) is 4.79 Å². The Morgan fingerprint density at radius 3 is 2.64 bits per heavy atom. The highest BCUT2D eigenvalue weighted by Gasteiger charge is 2.08. The van der Waals surface area contributed by atoms with E-state index in [1.165, 1.54) is 5.56 Å². The van der Waals surface area contributed by atoms with Crippen LogP contribution in [-0.4, -0.2) is 38.2 Å². The average Bonchev–Trinajstić information content (AvgIpc) is 2.56. The Labute approximate surface area is 130 Å². The molecule has 0 fully saturated rings. The van der Waals surface area contributed by atoms with Crippen LogP contribution in [0.2, 0.25) is 0 Å². The molecule has 1 aromatic carbocycles. The fourth-order valence-corrected chi connectivity index (χ4v) is 2.05. The number of benzene rings is 1. The summed E-state index contributed by atoms with van der Waals surface area (Å²) in [6.45, 7) is 1.76. The highest BCUT2D eigenvalue weighted by molar-refractivity contribution is 5.92. The van der Waals surface area contributed by atoms with Crippen LogP contribution in [-0.2, 0) is 11.3 Å². The number of carbonyl (C=O) groups excluding carboxylic acids is 1. The Morgan fingerprint density at radius 1 is 1.23 bits per heavy atom. The van der Waals surface area contributed by atoms with Crippen LogP contribution in [0.25, 0.3) is 0 Å². The van der Waals surface area contributed by atoms with Crippen LogP contribution in [0.1, 0.15) is 16.1 Å². The van der Waals surface area contributed by atoms with Gasteiger partial charge in [-0.1, -0.05) is 30.3 Å². The van der Waals surface area contributed by atoms with Crippen LogP contribution in [0.3, 0.4) is 0 Å². The maximum Gasteiger partial charge on any atom is 0.269 e. The SMILES string of the molecule is COCCNC(=O)c1ccc(N(C)Cc2ccccc2)cn1. The number of hydrogen-bond donors (Lipinski definition) is 1. The monoisotopic (exact) mass is 299 g/mol. The Kier molecular flexibility index (Phi) is 5.91. The van der Waals surface area contributed by atoms with E-state index in [0.717, 1.165) is 12.2 Å². The highest BCUT2D eigenvalue weighted by Crippen LogP contribution is 2.14. The number of pyridine rings is 1. The van der Waals surface area contributed by atoms with E-state index >= 15 is 0 Å². The first-order valence-electron chi connectivity index (χ1n) is 7.19. The number of nitrogens with zero attached hydrogens (tertiary/aromatic N) is 2. The maximum absolute atomic E-state index is 11.8. The van der Waals surface area contributed by atoms with Gasteiger partial charge in [-0.15, -0.1) is 0 Å². The van der Waals surface area contributed by atoms with E-state index in [-0.39, 0.29) is 5.91 Å². The second-order valence-corrected chi connectivity index (χ2v) is 4.99. The molecule has 1 amide bonds. The highest BCUT2D eigenvalue weighted by atomic mass is 16.5. The molecule has 0 aliphatic heterocycles. The number of carbonyl (C=O) groups is 1. The molecule has 0 saturated heterocycles. The van der Waals surface area contributed by atoms with Crippen LogP contribution in [0, 0.1) is 0 Å². The molecule has 2 aromatic rings. The van der Waals surface area contributed by atoms with Crippen molar-refractivity contribution < 1.29 is 9.53 Å². The zero-order chi connectivity index (χ0) is 15.8. The van der Waals surface area contributed by atoms with Crippen molar-refractivity contribution in [1.29, 1.82) is 0 Å². The molecule has 0 atom stereocenters. The molecule has 0 aliphatic carbocycles. The van der Waals surface area contributed by atoms with Gasteiger partial charge in [0, 0.05) is 27.2 Å². The van der Waals surface area contributed by atoms with Gasteiger partial charge in [-0.05, 0) is 17.7 Å². The van der Waals surface area contributed by atoms with Gasteiger partial charge in [-0.3, -0.25) is 4.79 Å². The molecule has 0 radical (unpaired) electrons. The lowest BCUT2D eigenvalue weighted by Crippen LogP contribution is -2.27. The van der Waals surface area contributed by atoms with Crippen molar-refractivity contribution >= 4 is 11.6 Å². The smallest absolute Gasteiger partial charge is 0.269 e. The topological polar surface area (TPSA) is 54.5 Å². The minimum atomic E-state index is -0.186. The molecule has 0 unspecified atom stereocenters. The van der Waals surface area contributed by atoms with Crippen LogP contribution in [0.4, 0.5) is 5.69 Å². The summed E-state index contributed by atoms with van der Waals surface area (Å²) >= 11 is 0. The summed E-state index contributed by atoms with van der Waals surface area (Å²) in [5.41, 5.74) is 2.61. The Hall–Kier alpha value is -2.40. The van der Waals surface area contributed by atoms with Crippen molar-refractivity contribution in [1.82, 2.24) is 10.3 Å². The van der Waals surface area contributed by atoms with Crippen LogP contribution in [0.5, 0.6) is 0 Å². The van der Waals surface area contributed by atoms with Crippen molar-refractivity contribution in [2.24, 2.45) is 0 Å². The van der Waals surface area contributed by atoms with E-state index in [1.807, 2.05) is 31.3 Å². The van der Waals surface area contributed by atoms with Gasteiger partial charge in [0.05, 0.1) is 18.5 Å². The standard InChI is InChI=1S/C17H21N3O2/c1-20(13-14-6-4-3-5-7-14)15-8-9-16(19-12-15)17(21)18-10-11-22-2/h3-9,12H,10-11,13H2,1-2H3,(H,18,21). The Morgan fingerprint density at radius 2 is 2.00 bits per heavy atom. The van der Waals surface area contributed by atoms with Crippen molar-refractivity contribution in [3.8, 4) is 0 Å². The molecule has 0 aliphatic rings. The molecule has 1 N–H and O–H groups in total. The minimum Gasteiger partial charge on any atom is -0.383 e. The van der Waals surface area contributed by atoms with Gasteiger partial charge in [0.15, 0.2) is 0 Å². The van der Waals surface area contributed by atoms with Gasteiger partial charge >= 0.3 is 0 Å². The van der Waals surface area contributed by atoms with Crippen molar-refractivity contribution in [2.45, 2.75) is 6.54 Å². The first-order chi connectivity index (χ1) is 10.7. The number of methoxy groups -OCH3 is 1. The summed E-state index contributed by atoms with van der Waals surface area (Å²) in [5.74, 6) is -0.186. The summed E-state index contributed by atoms with van der Waals surface area (Å²) < 4.78 is 4.89. The number of amides is 1. The van der Waals surface area contributed by atoms with Gasteiger partial charge in [0.1, 0.15) is 5.69 Å². The second kappa shape index (κ2) is 8.14. The molecule has 5 nitrogen and oxygen atoms in total. The largest absolute Gasteiger partial charge is 0.383 e. The van der Waals surface area contributed by atoms with Crippen molar-refractivity contribution in [3.63, 3.8) is 0 Å². The predicted octanol–water partition coefficient (Wildman–Crippen LogP) is 2.09. The zero-order valence-electron chi connectivity index (χ0n) is 13.0. The van der Waals surface area contributed by atoms with E-state index in [4.69, 9.17) is 4.74 Å². The average molecular weight is 299 g/mol. The number of rotatable bonds is 7. The number of ether oxygens (including phenoxy) is 1. The third-order valence-corrected chi connectivity index (χ3v) is 3.28. The Bertz CT molecular complexity index is 585. The number of nitrogens with one attached hydrogen (secondary N) is 1. The maximum atomic E-state index is 11.8. The van der Waals surface area contributed by atoms with Crippen LogP contribution >= 0.6 is 0 Å². The lowest BCUT2D eigenvalue weighted by Gasteiger charge is -2.19. The molecule has 22 heavy (non-hydrogen) atoms. The number of anilines is 1. The molecule has 0 spiro atoms. The van der Waals surface area contributed by atoms with Gasteiger partial charge in [-0.2, -0.15) is 0 Å². The van der Waals surface area contributed by atoms with Crippen LogP contribution < -0.4 is 10.2 Å². The molecule has 2 rings (SSSR count). The minimum absolute atomic E-state index is 0.186. The van der Waals surface area contributed by atoms with Gasteiger partial charge in [0.25, 0.3) is 5.91 Å². The predicted molar refractivity (Wildman–Crippen MR) is 87.0 cm³/mol. The fourth-order valence-electron chi connectivity index (χ4n) is 2.05. The molecule has 5 heteroatoms. The number of hydrogen-bond acceptors (Lipinski definition) is 4. The third kappa shape index (κ3) is 4.56. The van der Waals surface area contributed by atoms with E-state index < -0.39 is 0 Å². The quantitative estimate of drug-likeness (QED) is 0.796. The Balaban J connectivity index is 1.94. The summed E-state index contributed by atoms with van der Waals surface area (Å²) in [6.07, 6.45) is 1.72. The van der Waals surface area contributed by atoms with Gasteiger partial charge < -0.3 is 15.0 Å². The van der Waals surface area contributed by atoms with Crippen molar-refractivity contribution in [3.05, 3.63) is 59.9 Å². The number of aromatic nitrogens is 1.